The van der Waals surface area contributed by atoms with Crippen LogP contribution in [0.3, 0.4) is 0 Å². The number of carbonyl (C=O) groups excluding carboxylic acids is 2. The van der Waals surface area contributed by atoms with E-state index in [0.717, 1.165) is 16.3 Å². The quantitative estimate of drug-likeness (QED) is 0.459. The largest absolute Gasteiger partial charge is 0.386 e. The summed E-state index contributed by atoms with van der Waals surface area (Å²) in [6, 6.07) is 17.6. The molecule has 0 bridgehead atoms. The van der Waals surface area contributed by atoms with Crippen molar-refractivity contribution in [3.63, 3.8) is 0 Å². The van der Waals surface area contributed by atoms with Gasteiger partial charge in [0.15, 0.2) is 0 Å². The van der Waals surface area contributed by atoms with Crippen LogP contribution < -0.4 is 10.7 Å². The Hall–Kier alpha value is -3.55. The van der Waals surface area contributed by atoms with Crippen molar-refractivity contribution in [3.05, 3.63) is 84.6 Å². The predicted molar refractivity (Wildman–Crippen MR) is 112 cm³/mol. The number of carbonyl (C=O) groups is 2. The summed E-state index contributed by atoms with van der Waals surface area (Å²) in [4.78, 5) is 29.1. The minimum atomic E-state index is -0.937. The number of amides is 2. The molecule has 1 fully saturated rings. The molecule has 0 aliphatic carbocycles. The summed E-state index contributed by atoms with van der Waals surface area (Å²) in [5.74, 6) is -0.835. The number of hydrazine groups is 1. The molecule has 2 aliphatic heterocycles. The lowest BCUT2D eigenvalue weighted by molar-refractivity contribution is -0.126. The lowest BCUT2D eigenvalue weighted by atomic mass is 9.89. The minimum absolute atomic E-state index is 0.341. The molecular formula is C23H20N4O3. The highest BCUT2D eigenvalue weighted by atomic mass is 16.3. The molecule has 2 amide bonds. The van der Waals surface area contributed by atoms with Crippen molar-refractivity contribution in [1.29, 1.82) is 0 Å². The first-order valence-corrected chi connectivity index (χ1v) is 9.78. The number of imide groups is 1. The number of fused-ring (bicyclic) bond motifs is 2. The number of aliphatic hydroxyl groups excluding tert-OH is 1. The molecular weight excluding hydrogens is 380 g/mol. The molecule has 150 valence electrons. The molecule has 0 radical (unpaired) electrons. The van der Waals surface area contributed by atoms with Crippen molar-refractivity contribution >= 4 is 28.4 Å². The second kappa shape index (κ2) is 7.37. The lowest BCUT2D eigenvalue weighted by Crippen LogP contribution is -2.55. The molecule has 1 aromatic heterocycles. The van der Waals surface area contributed by atoms with Gasteiger partial charge < -0.3 is 10.5 Å². The van der Waals surface area contributed by atoms with Crippen molar-refractivity contribution < 1.29 is 14.7 Å². The van der Waals surface area contributed by atoms with Gasteiger partial charge in [-0.2, -0.15) is 5.01 Å². The van der Waals surface area contributed by atoms with E-state index < -0.39 is 30.0 Å². The minimum Gasteiger partial charge on any atom is -0.386 e. The Labute approximate surface area is 173 Å². The van der Waals surface area contributed by atoms with E-state index >= 15 is 0 Å². The monoisotopic (exact) mass is 400 g/mol. The Balaban J connectivity index is 1.57. The van der Waals surface area contributed by atoms with Crippen LogP contribution in [0.15, 0.2) is 79.0 Å². The molecule has 3 N–H and O–H groups in total. The summed E-state index contributed by atoms with van der Waals surface area (Å²) in [5, 5.41) is 17.4. The van der Waals surface area contributed by atoms with Crippen LogP contribution in [0, 0.1) is 5.92 Å². The molecule has 1 saturated heterocycles. The fourth-order valence-electron chi connectivity index (χ4n) is 4.24. The number of benzene rings is 2. The smallest absolute Gasteiger partial charge is 0.246 e. The zero-order valence-corrected chi connectivity index (χ0v) is 16.0. The summed E-state index contributed by atoms with van der Waals surface area (Å²) in [5.41, 5.74) is 3.90. The van der Waals surface area contributed by atoms with E-state index in [-0.39, 0.29) is 5.91 Å². The zero-order chi connectivity index (χ0) is 20.7. The van der Waals surface area contributed by atoms with Gasteiger partial charge in [-0.05, 0) is 28.5 Å². The third-order valence-electron chi connectivity index (χ3n) is 5.67. The number of aromatic nitrogens is 1. The highest BCUT2D eigenvalue weighted by Gasteiger charge is 2.49. The van der Waals surface area contributed by atoms with Gasteiger partial charge in [0, 0.05) is 6.20 Å². The van der Waals surface area contributed by atoms with Crippen molar-refractivity contribution in [2.75, 3.05) is 5.43 Å². The maximum Gasteiger partial charge on any atom is 0.246 e. The predicted octanol–water partition coefficient (Wildman–Crippen LogP) is 2.18. The van der Waals surface area contributed by atoms with Gasteiger partial charge in [-0.1, -0.05) is 60.7 Å². The average Bonchev–Trinajstić information content (AvgIpc) is 3.07. The first-order valence-electron chi connectivity index (χ1n) is 9.78. The van der Waals surface area contributed by atoms with E-state index in [9.17, 15) is 14.7 Å². The first kappa shape index (κ1) is 18.5. The molecule has 7 nitrogen and oxygen atoms in total. The van der Waals surface area contributed by atoms with Gasteiger partial charge in [0.05, 0.1) is 12.0 Å². The molecule has 4 atom stereocenters. The van der Waals surface area contributed by atoms with E-state index in [4.69, 9.17) is 0 Å². The Morgan fingerprint density at radius 3 is 2.60 bits per heavy atom. The highest BCUT2D eigenvalue weighted by molar-refractivity contribution is 6.08. The Bertz CT molecular complexity index is 1140. The molecule has 7 heteroatoms. The van der Waals surface area contributed by atoms with Gasteiger partial charge in [-0.3, -0.25) is 14.9 Å². The van der Waals surface area contributed by atoms with E-state index in [1.54, 1.807) is 35.5 Å². The topological polar surface area (TPSA) is 94.6 Å². The van der Waals surface area contributed by atoms with Crippen LogP contribution in [-0.4, -0.2) is 39.0 Å². The van der Waals surface area contributed by atoms with Gasteiger partial charge in [-0.25, -0.2) is 4.98 Å². The summed E-state index contributed by atoms with van der Waals surface area (Å²) in [6.45, 7) is 0. The molecule has 2 aromatic carbocycles. The number of hydrogen-bond acceptors (Lipinski definition) is 6. The fourth-order valence-corrected chi connectivity index (χ4v) is 4.24. The van der Waals surface area contributed by atoms with Gasteiger partial charge >= 0.3 is 0 Å². The normalized spacial score (nSPS) is 24.5. The van der Waals surface area contributed by atoms with E-state index in [2.05, 4.69) is 15.7 Å². The highest BCUT2D eigenvalue weighted by Crippen LogP contribution is 2.35. The van der Waals surface area contributed by atoms with Crippen molar-refractivity contribution in [2.45, 2.75) is 18.2 Å². The van der Waals surface area contributed by atoms with E-state index in [0.29, 0.717) is 5.82 Å². The third kappa shape index (κ3) is 3.04. The maximum atomic E-state index is 12.6. The van der Waals surface area contributed by atoms with E-state index in [1.165, 1.54) is 0 Å². The van der Waals surface area contributed by atoms with Gasteiger partial charge in [0.25, 0.3) is 0 Å². The summed E-state index contributed by atoms with van der Waals surface area (Å²) >= 11 is 0. The average molecular weight is 400 g/mol. The molecule has 2 aliphatic rings. The fraction of sp³-hybridized carbons (Fsp3) is 0.174. The van der Waals surface area contributed by atoms with Crippen molar-refractivity contribution in [2.24, 2.45) is 5.92 Å². The van der Waals surface area contributed by atoms with E-state index in [1.807, 2.05) is 48.5 Å². The molecule has 5 rings (SSSR count). The zero-order valence-electron chi connectivity index (χ0n) is 16.0. The Morgan fingerprint density at radius 1 is 0.967 bits per heavy atom. The van der Waals surface area contributed by atoms with Crippen molar-refractivity contribution in [1.82, 2.24) is 15.3 Å². The maximum absolute atomic E-state index is 12.6. The van der Waals surface area contributed by atoms with Gasteiger partial charge in [-0.15, -0.1) is 0 Å². The number of nitrogens with one attached hydrogen (secondary N) is 2. The summed E-state index contributed by atoms with van der Waals surface area (Å²) in [6.07, 6.45) is 4.19. The second-order valence-corrected chi connectivity index (χ2v) is 7.45. The number of hydrogen-bond donors (Lipinski definition) is 3. The van der Waals surface area contributed by atoms with Crippen LogP contribution in [0.2, 0.25) is 0 Å². The van der Waals surface area contributed by atoms with Crippen LogP contribution in [0.25, 0.3) is 10.8 Å². The van der Waals surface area contributed by atoms with Crippen LogP contribution in [0.1, 0.15) is 11.7 Å². The third-order valence-corrected chi connectivity index (χ3v) is 5.67. The molecule has 30 heavy (non-hydrogen) atoms. The molecule has 0 spiro atoms. The van der Waals surface area contributed by atoms with Gasteiger partial charge in [0.1, 0.15) is 18.0 Å². The molecule has 4 unspecified atom stereocenters. The number of pyridine rings is 1. The van der Waals surface area contributed by atoms with Crippen LogP contribution >= 0.6 is 0 Å². The Kier molecular flexibility index (Phi) is 4.54. The number of anilines is 1. The van der Waals surface area contributed by atoms with Crippen LogP contribution in [0.4, 0.5) is 5.82 Å². The van der Waals surface area contributed by atoms with Crippen LogP contribution in [0.5, 0.6) is 0 Å². The Morgan fingerprint density at radius 2 is 1.77 bits per heavy atom. The SMILES string of the molecule is O=C1NC(=O)C2C1C=CC(C(O)c1cccc3ccccc13)N2Nc1ccccn1. The van der Waals surface area contributed by atoms with Gasteiger partial charge in [0.2, 0.25) is 11.8 Å². The molecule has 3 heterocycles. The van der Waals surface area contributed by atoms with Crippen LogP contribution in [-0.2, 0) is 9.59 Å². The summed E-state index contributed by atoms with van der Waals surface area (Å²) < 4.78 is 0. The molecule has 3 aromatic rings. The first-order chi connectivity index (χ1) is 14.6. The lowest BCUT2D eigenvalue weighted by Gasteiger charge is -2.40. The number of aliphatic hydroxyl groups is 1. The molecule has 0 saturated carbocycles. The summed E-state index contributed by atoms with van der Waals surface area (Å²) in [7, 11) is 0. The standard InChI is InChI=1S/C23H20N4O3/c28-21(16-9-5-7-14-6-1-2-8-15(14)16)18-12-11-17-20(23(30)25-22(17)29)27(18)26-19-10-3-4-13-24-19/h1-13,17-18,20-21,28H,(H,24,26)(H,25,29,30). The second-order valence-electron chi connectivity index (χ2n) is 7.45. The number of rotatable bonds is 4. The number of nitrogens with zero attached hydrogens (tertiary/aromatic N) is 2. The van der Waals surface area contributed by atoms with Crippen molar-refractivity contribution in [3.8, 4) is 0 Å².